The number of hydrogen-bond acceptors (Lipinski definition) is 4. The van der Waals surface area contributed by atoms with Gasteiger partial charge in [-0.05, 0) is 6.07 Å². The van der Waals surface area contributed by atoms with Gasteiger partial charge in [-0.2, -0.15) is 5.10 Å². The molecule has 8 heteroatoms. The monoisotopic (exact) mass is 261 g/mol. The standard InChI is InChI=1S/C11H11N5O3/c12-9(17)6-16-5-7(4-13-16)14-11(19)8-2-1-3-10(18)15-8/h1-5H,6H2,(H2,12,17)(H,14,19)(H,15,18). The Bertz CT molecular complexity index is 673. The van der Waals surface area contributed by atoms with Crippen molar-refractivity contribution in [2.45, 2.75) is 6.54 Å². The van der Waals surface area contributed by atoms with E-state index in [9.17, 15) is 14.4 Å². The van der Waals surface area contributed by atoms with Gasteiger partial charge in [0.2, 0.25) is 11.5 Å². The molecule has 0 aliphatic carbocycles. The number of carbonyl (C=O) groups excluding carboxylic acids is 2. The van der Waals surface area contributed by atoms with Gasteiger partial charge in [0, 0.05) is 12.3 Å². The molecule has 0 aliphatic rings. The van der Waals surface area contributed by atoms with E-state index in [4.69, 9.17) is 5.73 Å². The minimum atomic E-state index is -0.534. The third kappa shape index (κ3) is 3.28. The van der Waals surface area contributed by atoms with Gasteiger partial charge in [0.05, 0.1) is 11.9 Å². The Labute approximate surface area is 107 Å². The molecular weight excluding hydrogens is 250 g/mol. The van der Waals surface area contributed by atoms with Gasteiger partial charge < -0.3 is 16.0 Å². The van der Waals surface area contributed by atoms with Crippen molar-refractivity contribution < 1.29 is 9.59 Å². The van der Waals surface area contributed by atoms with E-state index in [1.165, 1.54) is 35.3 Å². The lowest BCUT2D eigenvalue weighted by molar-refractivity contribution is -0.118. The fourth-order valence-electron chi connectivity index (χ4n) is 1.45. The number of nitrogens with one attached hydrogen (secondary N) is 2. The first kappa shape index (κ1) is 12.6. The number of aromatic amines is 1. The van der Waals surface area contributed by atoms with E-state index in [1.807, 2.05) is 0 Å². The lowest BCUT2D eigenvalue weighted by atomic mass is 10.3. The Morgan fingerprint density at radius 2 is 2.21 bits per heavy atom. The summed E-state index contributed by atoms with van der Waals surface area (Å²) in [4.78, 5) is 35.9. The molecule has 2 aromatic heterocycles. The number of carbonyl (C=O) groups is 2. The van der Waals surface area contributed by atoms with E-state index in [0.29, 0.717) is 5.69 Å². The molecular formula is C11H11N5O3. The second kappa shape index (κ2) is 5.17. The fourth-order valence-corrected chi connectivity index (χ4v) is 1.45. The van der Waals surface area contributed by atoms with Crippen LogP contribution in [0.2, 0.25) is 0 Å². The van der Waals surface area contributed by atoms with Gasteiger partial charge in [0.1, 0.15) is 12.2 Å². The number of aromatic nitrogens is 3. The first-order valence-electron chi connectivity index (χ1n) is 5.36. The highest BCUT2D eigenvalue weighted by molar-refractivity contribution is 6.02. The van der Waals surface area contributed by atoms with Crippen LogP contribution in [0, 0.1) is 0 Å². The lowest BCUT2D eigenvalue weighted by Gasteiger charge is -2.01. The molecule has 2 aromatic rings. The second-order valence-electron chi connectivity index (χ2n) is 3.78. The molecule has 2 heterocycles. The Morgan fingerprint density at radius 3 is 2.89 bits per heavy atom. The molecule has 2 amide bonds. The van der Waals surface area contributed by atoms with Gasteiger partial charge in [-0.1, -0.05) is 6.07 Å². The smallest absolute Gasteiger partial charge is 0.272 e. The van der Waals surface area contributed by atoms with E-state index in [1.54, 1.807) is 0 Å². The summed E-state index contributed by atoms with van der Waals surface area (Å²) in [6.45, 7) is -0.0714. The number of nitrogens with zero attached hydrogens (tertiary/aromatic N) is 2. The van der Waals surface area contributed by atoms with Crippen LogP contribution in [0.4, 0.5) is 5.69 Å². The SMILES string of the molecule is NC(=O)Cn1cc(NC(=O)c2cccc(=O)[nH]2)cn1. The molecule has 0 bridgehead atoms. The molecule has 0 unspecified atom stereocenters. The summed E-state index contributed by atoms with van der Waals surface area (Å²) in [6.07, 6.45) is 2.84. The predicted octanol–water partition coefficient (Wildman–Crippen LogP) is -0.691. The van der Waals surface area contributed by atoms with Crippen molar-refractivity contribution in [2.24, 2.45) is 5.73 Å². The van der Waals surface area contributed by atoms with Crippen molar-refractivity contribution >= 4 is 17.5 Å². The molecule has 8 nitrogen and oxygen atoms in total. The molecule has 2 rings (SSSR count). The number of rotatable bonds is 4. The van der Waals surface area contributed by atoms with Gasteiger partial charge in [-0.15, -0.1) is 0 Å². The molecule has 4 N–H and O–H groups in total. The van der Waals surface area contributed by atoms with Crippen LogP contribution >= 0.6 is 0 Å². The van der Waals surface area contributed by atoms with Gasteiger partial charge in [0.15, 0.2) is 0 Å². The zero-order chi connectivity index (χ0) is 13.8. The van der Waals surface area contributed by atoms with Crippen LogP contribution in [0.5, 0.6) is 0 Å². The van der Waals surface area contributed by atoms with Crippen LogP contribution in [0.1, 0.15) is 10.5 Å². The van der Waals surface area contributed by atoms with Gasteiger partial charge >= 0.3 is 0 Å². The number of pyridine rings is 1. The molecule has 0 saturated heterocycles. The van der Waals surface area contributed by atoms with E-state index in [2.05, 4.69) is 15.4 Å². The lowest BCUT2D eigenvalue weighted by Crippen LogP contribution is -2.19. The number of primary amides is 1. The summed E-state index contributed by atoms with van der Waals surface area (Å²) in [6, 6.07) is 4.26. The summed E-state index contributed by atoms with van der Waals surface area (Å²) in [5.74, 6) is -1.01. The molecule has 19 heavy (non-hydrogen) atoms. The number of H-pyrrole nitrogens is 1. The Kier molecular flexibility index (Phi) is 3.42. The minimum absolute atomic E-state index is 0.0714. The summed E-state index contributed by atoms with van der Waals surface area (Å²) >= 11 is 0. The van der Waals surface area contributed by atoms with E-state index >= 15 is 0 Å². The van der Waals surface area contributed by atoms with Crippen molar-refractivity contribution in [1.29, 1.82) is 0 Å². The zero-order valence-corrected chi connectivity index (χ0v) is 9.79. The average Bonchev–Trinajstić information content (AvgIpc) is 2.75. The third-order valence-corrected chi connectivity index (χ3v) is 2.22. The van der Waals surface area contributed by atoms with E-state index in [0.717, 1.165) is 0 Å². The van der Waals surface area contributed by atoms with Crippen LogP contribution in [-0.4, -0.2) is 26.6 Å². The summed E-state index contributed by atoms with van der Waals surface area (Å²) in [7, 11) is 0. The van der Waals surface area contributed by atoms with Crippen LogP contribution in [-0.2, 0) is 11.3 Å². The summed E-state index contributed by atoms with van der Waals surface area (Å²) in [5, 5.41) is 6.38. The van der Waals surface area contributed by atoms with Crippen LogP contribution < -0.4 is 16.6 Å². The van der Waals surface area contributed by atoms with Crippen LogP contribution in [0.3, 0.4) is 0 Å². The molecule has 0 saturated carbocycles. The van der Waals surface area contributed by atoms with E-state index in [-0.39, 0.29) is 17.8 Å². The molecule has 0 aliphatic heterocycles. The minimum Gasteiger partial charge on any atom is -0.368 e. The number of anilines is 1. The van der Waals surface area contributed by atoms with Crippen molar-refractivity contribution in [1.82, 2.24) is 14.8 Å². The zero-order valence-electron chi connectivity index (χ0n) is 9.79. The molecule has 0 aromatic carbocycles. The highest BCUT2D eigenvalue weighted by Crippen LogP contribution is 2.06. The fraction of sp³-hybridized carbons (Fsp3) is 0.0909. The predicted molar refractivity (Wildman–Crippen MR) is 66.4 cm³/mol. The first-order chi connectivity index (χ1) is 9.04. The maximum Gasteiger partial charge on any atom is 0.272 e. The number of nitrogens with two attached hydrogens (primary N) is 1. The van der Waals surface area contributed by atoms with Crippen molar-refractivity contribution in [3.05, 3.63) is 46.6 Å². The number of amides is 2. The molecule has 98 valence electrons. The molecule has 0 atom stereocenters. The Morgan fingerprint density at radius 1 is 1.42 bits per heavy atom. The highest BCUT2D eigenvalue weighted by Gasteiger charge is 2.08. The van der Waals surface area contributed by atoms with Gasteiger partial charge in [0.25, 0.3) is 5.91 Å². The topological polar surface area (TPSA) is 123 Å². The van der Waals surface area contributed by atoms with Crippen LogP contribution in [0.25, 0.3) is 0 Å². The normalized spacial score (nSPS) is 10.1. The second-order valence-corrected chi connectivity index (χ2v) is 3.78. The van der Waals surface area contributed by atoms with Crippen molar-refractivity contribution in [3.63, 3.8) is 0 Å². The first-order valence-corrected chi connectivity index (χ1v) is 5.36. The Hall–Kier alpha value is -2.90. The van der Waals surface area contributed by atoms with Gasteiger partial charge in [-0.3, -0.25) is 19.1 Å². The van der Waals surface area contributed by atoms with Crippen molar-refractivity contribution in [2.75, 3.05) is 5.32 Å². The summed E-state index contributed by atoms with van der Waals surface area (Å²) in [5.41, 5.74) is 5.19. The Balaban J connectivity index is 2.09. The third-order valence-electron chi connectivity index (χ3n) is 2.22. The van der Waals surface area contributed by atoms with Gasteiger partial charge in [-0.25, -0.2) is 0 Å². The average molecular weight is 261 g/mol. The molecule has 0 fully saturated rings. The van der Waals surface area contributed by atoms with E-state index < -0.39 is 11.8 Å². The number of hydrogen-bond donors (Lipinski definition) is 3. The largest absolute Gasteiger partial charge is 0.368 e. The van der Waals surface area contributed by atoms with Crippen LogP contribution in [0.15, 0.2) is 35.4 Å². The molecule has 0 radical (unpaired) electrons. The maximum absolute atomic E-state index is 11.8. The summed E-state index contributed by atoms with van der Waals surface area (Å²) < 4.78 is 1.30. The molecule has 0 spiro atoms. The maximum atomic E-state index is 11.8. The van der Waals surface area contributed by atoms with Crippen molar-refractivity contribution in [3.8, 4) is 0 Å². The highest BCUT2D eigenvalue weighted by atomic mass is 16.2. The quantitative estimate of drug-likeness (QED) is 0.673.